The van der Waals surface area contributed by atoms with E-state index in [1.54, 1.807) is 56.3 Å². The number of anilines is 1. The molecular formula is C21H19IN2O5. The second-order valence-corrected chi connectivity index (χ2v) is 7.34. The average Bonchev–Trinajstić information content (AvgIpc) is 2.99. The molecule has 0 saturated carbocycles. The maximum atomic E-state index is 12.7. The lowest BCUT2D eigenvalue weighted by molar-refractivity contribution is -0.150. The van der Waals surface area contributed by atoms with Gasteiger partial charge in [0.25, 0.3) is 11.8 Å². The maximum absolute atomic E-state index is 12.7. The van der Waals surface area contributed by atoms with Gasteiger partial charge in [-0.25, -0.2) is 9.80 Å². The average molecular weight is 506 g/mol. The molecule has 0 radical (unpaired) electrons. The van der Waals surface area contributed by atoms with Crippen LogP contribution in [0, 0.1) is 3.57 Å². The Hall–Kier alpha value is -2.88. The summed E-state index contributed by atoms with van der Waals surface area (Å²) in [5.74, 6) is -0.817. The summed E-state index contributed by atoms with van der Waals surface area (Å²) in [5.41, 5.74) is 3.85. The highest BCUT2D eigenvalue weighted by Gasteiger charge is 2.34. The van der Waals surface area contributed by atoms with Crippen LogP contribution >= 0.6 is 22.6 Å². The van der Waals surface area contributed by atoms with Crippen molar-refractivity contribution in [1.29, 1.82) is 0 Å². The predicted molar refractivity (Wildman–Crippen MR) is 116 cm³/mol. The number of hydrogen-bond donors (Lipinski definition) is 1. The Morgan fingerprint density at radius 3 is 2.59 bits per heavy atom. The second kappa shape index (κ2) is 9.08. The lowest BCUT2D eigenvalue weighted by Gasteiger charge is -2.15. The van der Waals surface area contributed by atoms with E-state index in [-0.39, 0.29) is 12.2 Å². The van der Waals surface area contributed by atoms with Gasteiger partial charge in [-0.2, -0.15) is 0 Å². The van der Waals surface area contributed by atoms with Crippen molar-refractivity contribution in [2.75, 3.05) is 11.6 Å². The maximum Gasteiger partial charge on any atom is 0.347 e. The number of hydrogen-bond acceptors (Lipinski definition) is 5. The van der Waals surface area contributed by atoms with Crippen LogP contribution in [0.2, 0.25) is 0 Å². The molecule has 1 aliphatic rings. The fourth-order valence-corrected chi connectivity index (χ4v) is 3.35. The normalized spacial score (nSPS) is 16.0. The van der Waals surface area contributed by atoms with Crippen LogP contribution in [0.4, 0.5) is 5.69 Å². The molecule has 1 saturated heterocycles. The standard InChI is InChI=1S/C21H19IN2O5/c1-3-28-21(27)13(2)29-18-10-9-14(12-17(18)22)11-16-19(25)23-24(20(16)26)15-7-5-4-6-8-15/h4-13H,3H2,1-2H3,(H,23,25)/b16-11-/t13-/m0/s1. The number of amides is 2. The molecule has 2 amide bonds. The van der Waals surface area contributed by atoms with Gasteiger partial charge < -0.3 is 9.47 Å². The van der Waals surface area contributed by atoms with Crippen LogP contribution in [0.5, 0.6) is 5.75 Å². The van der Waals surface area contributed by atoms with Crippen LogP contribution in [-0.4, -0.2) is 30.5 Å². The van der Waals surface area contributed by atoms with E-state index in [2.05, 4.69) is 28.0 Å². The highest BCUT2D eigenvalue weighted by atomic mass is 127. The monoisotopic (exact) mass is 506 g/mol. The van der Waals surface area contributed by atoms with Crippen molar-refractivity contribution in [1.82, 2.24) is 5.43 Å². The molecule has 29 heavy (non-hydrogen) atoms. The highest BCUT2D eigenvalue weighted by molar-refractivity contribution is 14.1. The third kappa shape index (κ3) is 4.76. The van der Waals surface area contributed by atoms with Gasteiger partial charge in [0.2, 0.25) is 0 Å². The zero-order valence-corrected chi connectivity index (χ0v) is 18.0. The Kier molecular flexibility index (Phi) is 6.53. The van der Waals surface area contributed by atoms with Gasteiger partial charge in [-0.1, -0.05) is 24.3 Å². The van der Waals surface area contributed by atoms with E-state index in [1.807, 2.05) is 6.07 Å². The minimum atomic E-state index is -0.741. The fraction of sp³-hybridized carbons (Fsp3) is 0.190. The van der Waals surface area contributed by atoms with E-state index in [4.69, 9.17) is 9.47 Å². The number of para-hydroxylation sites is 1. The zero-order chi connectivity index (χ0) is 21.0. The van der Waals surface area contributed by atoms with Gasteiger partial charge in [0.1, 0.15) is 11.3 Å². The van der Waals surface area contributed by atoms with Crippen molar-refractivity contribution >= 4 is 52.1 Å². The van der Waals surface area contributed by atoms with E-state index < -0.39 is 23.9 Å². The minimum Gasteiger partial charge on any atom is -0.478 e. The number of hydrazine groups is 1. The zero-order valence-electron chi connectivity index (χ0n) is 15.8. The van der Waals surface area contributed by atoms with Gasteiger partial charge in [-0.15, -0.1) is 0 Å². The number of ether oxygens (including phenoxy) is 2. The van der Waals surface area contributed by atoms with Crippen LogP contribution < -0.4 is 15.2 Å². The number of nitrogens with one attached hydrogen (secondary N) is 1. The molecule has 1 atom stereocenters. The summed E-state index contributed by atoms with van der Waals surface area (Å²) in [6.07, 6.45) is 0.788. The van der Waals surface area contributed by atoms with Crippen LogP contribution in [-0.2, 0) is 19.1 Å². The smallest absolute Gasteiger partial charge is 0.347 e. The number of carbonyl (C=O) groups is 3. The molecule has 7 nitrogen and oxygen atoms in total. The predicted octanol–water partition coefficient (Wildman–Crippen LogP) is 3.08. The van der Waals surface area contributed by atoms with Gasteiger partial charge in [-0.05, 0) is 72.3 Å². The Balaban J connectivity index is 1.78. The summed E-state index contributed by atoms with van der Waals surface area (Å²) in [4.78, 5) is 36.7. The molecule has 0 spiro atoms. The Morgan fingerprint density at radius 1 is 1.21 bits per heavy atom. The SMILES string of the molecule is CCOC(=O)[C@H](C)Oc1ccc(/C=C2/C(=O)NN(c3ccccc3)C2=O)cc1I. The molecule has 2 aromatic carbocycles. The van der Waals surface area contributed by atoms with E-state index in [0.717, 1.165) is 3.57 Å². The Morgan fingerprint density at radius 2 is 1.93 bits per heavy atom. The van der Waals surface area contributed by atoms with Crippen molar-refractivity contribution in [3.8, 4) is 5.75 Å². The van der Waals surface area contributed by atoms with Gasteiger partial charge >= 0.3 is 5.97 Å². The van der Waals surface area contributed by atoms with E-state index in [1.165, 1.54) is 11.1 Å². The molecule has 1 fully saturated rings. The van der Waals surface area contributed by atoms with Crippen LogP contribution in [0.3, 0.4) is 0 Å². The molecule has 0 bridgehead atoms. The fourth-order valence-electron chi connectivity index (χ4n) is 2.68. The molecule has 1 aliphatic heterocycles. The van der Waals surface area contributed by atoms with Crippen molar-refractivity contribution in [2.45, 2.75) is 20.0 Å². The van der Waals surface area contributed by atoms with E-state index in [0.29, 0.717) is 17.0 Å². The first-order valence-electron chi connectivity index (χ1n) is 8.95. The summed E-state index contributed by atoms with van der Waals surface area (Å²) in [6.45, 7) is 3.63. The molecular weight excluding hydrogens is 487 g/mol. The Labute approximate surface area is 181 Å². The molecule has 8 heteroatoms. The third-order valence-electron chi connectivity index (χ3n) is 4.10. The lowest BCUT2D eigenvalue weighted by atomic mass is 10.1. The van der Waals surface area contributed by atoms with E-state index >= 15 is 0 Å². The lowest BCUT2D eigenvalue weighted by Crippen LogP contribution is -2.35. The largest absolute Gasteiger partial charge is 0.478 e. The van der Waals surface area contributed by atoms with Gasteiger partial charge in [0, 0.05) is 0 Å². The first kappa shape index (κ1) is 20.8. The second-order valence-electron chi connectivity index (χ2n) is 6.18. The number of esters is 1. The topological polar surface area (TPSA) is 84.9 Å². The molecule has 1 heterocycles. The molecule has 0 aliphatic carbocycles. The molecule has 2 aromatic rings. The van der Waals surface area contributed by atoms with Crippen molar-refractivity contribution in [3.63, 3.8) is 0 Å². The summed E-state index contributed by atoms with van der Waals surface area (Å²) in [7, 11) is 0. The Bertz CT molecular complexity index is 974. The van der Waals surface area contributed by atoms with Crippen molar-refractivity contribution < 1.29 is 23.9 Å². The summed E-state index contributed by atoms with van der Waals surface area (Å²) < 4.78 is 11.3. The third-order valence-corrected chi connectivity index (χ3v) is 4.94. The summed E-state index contributed by atoms with van der Waals surface area (Å²) >= 11 is 2.07. The van der Waals surface area contributed by atoms with Crippen LogP contribution in [0.15, 0.2) is 54.1 Å². The van der Waals surface area contributed by atoms with Crippen molar-refractivity contribution in [2.24, 2.45) is 0 Å². The molecule has 0 aromatic heterocycles. The van der Waals surface area contributed by atoms with Gasteiger partial charge in [-0.3, -0.25) is 15.0 Å². The van der Waals surface area contributed by atoms with Crippen molar-refractivity contribution in [3.05, 3.63) is 63.2 Å². The molecule has 0 unspecified atom stereocenters. The first-order valence-corrected chi connectivity index (χ1v) is 10.0. The number of halogens is 1. The first-order chi connectivity index (χ1) is 13.9. The highest BCUT2D eigenvalue weighted by Crippen LogP contribution is 2.26. The number of benzene rings is 2. The quantitative estimate of drug-likeness (QED) is 0.282. The number of nitrogens with zero attached hydrogens (tertiary/aromatic N) is 1. The van der Waals surface area contributed by atoms with Crippen LogP contribution in [0.1, 0.15) is 19.4 Å². The number of rotatable bonds is 6. The van der Waals surface area contributed by atoms with E-state index in [9.17, 15) is 14.4 Å². The van der Waals surface area contributed by atoms with Crippen LogP contribution in [0.25, 0.3) is 6.08 Å². The number of carbonyl (C=O) groups excluding carboxylic acids is 3. The minimum absolute atomic E-state index is 0.0400. The summed E-state index contributed by atoms with van der Waals surface area (Å²) in [6, 6.07) is 14.1. The molecule has 1 N–H and O–H groups in total. The molecule has 150 valence electrons. The van der Waals surface area contributed by atoms with Gasteiger partial charge in [0.05, 0.1) is 15.9 Å². The molecule has 3 rings (SSSR count). The van der Waals surface area contributed by atoms with Gasteiger partial charge in [0.15, 0.2) is 6.10 Å². The summed E-state index contributed by atoms with van der Waals surface area (Å²) in [5, 5.41) is 1.22.